The maximum absolute atomic E-state index is 12.0. The van der Waals surface area contributed by atoms with Crippen molar-refractivity contribution in [1.29, 1.82) is 0 Å². The standard InChI is InChI=1S/C10H16F3NO4S/c1-4-5-8(9(15)18-3)14(2)19(16,17)7-6-10(11,12)13/h4,8H,1,5-7H2,2-3H3/t8-/m0/s1. The van der Waals surface area contributed by atoms with Crippen molar-refractivity contribution in [3.05, 3.63) is 12.7 Å². The van der Waals surface area contributed by atoms with E-state index in [0.29, 0.717) is 4.31 Å². The number of rotatable bonds is 7. The van der Waals surface area contributed by atoms with E-state index in [1.165, 1.54) is 6.08 Å². The summed E-state index contributed by atoms with van der Waals surface area (Å²) in [5, 5.41) is 0. The second-order valence-corrected chi connectivity index (χ2v) is 5.91. The second kappa shape index (κ2) is 6.90. The molecule has 0 aliphatic heterocycles. The van der Waals surface area contributed by atoms with Gasteiger partial charge in [-0.05, 0) is 6.42 Å². The SMILES string of the molecule is C=CC[C@@H](C(=O)OC)N(C)S(=O)(=O)CCC(F)(F)F. The first-order chi connectivity index (χ1) is 8.55. The third-order valence-corrected chi connectivity index (χ3v) is 4.24. The van der Waals surface area contributed by atoms with Gasteiger partial charge in [-0.3, -0.25) is 4.79 Å². The van der Waals surface area contributed by atoms with Crippen LogP contribution in [0.2, 0.25) is 0 Å². The van der Waals surface area contributed by atoms with Crippen molar-refractivity contribution in [2.45, 2.75) is 25.1 Å². The highest BCUT2D eigenvalue weighted by molar-refractivity contribution is 7.89. The van der Waals surface area contributed by atoms with Crippen LogP contribution >= 0.6 is 0 Å². The van der Waals surface area contributed by atoms with Gasteiger partial charge >= 0.3 is 12.1 Å². The van der Waals surface area contributed by atoms with Gasteiger partial charge in [-0.2, -0.15) is 17.5 Å². The summed E-state index contributed by atoms with van der Waals surface area (Å²) in [6.45, 7) is 3.36. The lowest BCUT2D eigenvalue weighted by Crippen LogP contribution is -2.44. The number of methoxy groups -OCH3 is 1. The molecule has 1 atom stereocenters. The first-order valence-corrected chi connectivity index (χ1v) is 6.87. The molecule has 0 heterocycles. The van der Waals surface area contributed by atoms with Crippen LogP contribution in [0.15, 0.2) is 12.7 Å². The third-order valence-electron chi connectivity index (χ3n) is 2.38. The van der Waals surface area contributed by atoms with E-state index in [1.807, 2.05) is 0 Å². The van der Waals surface area contributed by atoms with Crippen LogP contribution < -0.4 is 0 Å². The lowest BCUT2D eigenvalue weighted by atomic mass is 10.2. The first kappa shape index (κ1) is 17.9. The van der Waals surface area contributed by atoms with Crippen LogP contribution in [0.3, 0.4) is 0 Å². The van der Waals surface area contributed by atoms with Crippen molar-refractivity contribution in [3.63, 3.8) is 0 Å². The van der Waals surface area contributed by atoms with E-state index in [9.17, 15) is 26.4 Å². The Morgan fingerprint density at radius 3 is 2.37 bits per heavy atom. The summed E-state index contributed by atoms with van der Waals surface area (Å²) in [4.78, 5) is 11.4. The van der Waals surface area contributed by atoms with Crippen molar-refractivity contribution in [1.82, 2.24) is 4.31 Å². The number of hydrogen-bond donors (Lipinski definition) is 0. The molecule has 0 aromatic heterocycles. The van der Waals surface area contributed by atoms with E-state index in [-0.39, 0.29) is 6.42 Å². The van der Waals surface area contributed by atoms with Gasteiger partial charge in [0.2, 0.25) is 10.0 Å². The second-order valence-electron chi connectivity index (χ2n) is 3.76. The van der Waals surface area contributed by atoms with Crippen LogP contribution in [-0.4, -0.2) is 50.8 Å². The minimum Gasteiger partial charge on any atom is -0.468 e. The Balaban J connectivity index is 4.96. The fourth-order valence-electron chi connectivity index (χ4n) is 1.27. The van der Waals surface area contributed by atoms with Gasteiger partial charge in [0.05, 0.1) is 19.3 Å². The van der Waals surface area contributed by atoms with Gasteiger partial charge in [0, 0.05) is 7.05 Å². The van der Waals surface area contributed by atoms with Gasteiger partial charge in [-0.15, -0.1) is 6.58 Å². The molecular formula is C10H16F3NO4S. The van der Waals surface area contributed by atoms with Crippen LogP contribution in [0, 0.1) is 0 Å². The summed E-state index contributed by atoms with van der Waals surface area (Å²) in [7, 11) is -2.10. The van der Waals surface area contributed by atoms with Crippen LogP contribution in [0.1, 0.15) is 12.8 Å². The highest BCUT2D eigenvalue weighted by Crippen LogP contribution is 2.22. The number of ether oxygens (including phenoxy) is 1. The number of alkyl halides is 3. The molecule has 0 saturated heterocycles. The first-order valence-electron chi connectivity index (χ1n) is 5.26. The van der Waals surface area contributed by atoms with Gasteiger partial charge < -0.3 is 4.74 Å². The predicted molar refractivity (Wildman–Crippen MR) is 62.8 cm³/mol. The Kier molecular flexibility index (Phi) is 6.50. The maximum Gasteiger partial charge on any atom is 0.390 e. The third kappa shape index (κ3) is 6.06. The number of carbonyl (C=O) groups is 1. The highest BCUT2D eigenvalue weighted by atomic mass is 32.2. The number of likely N-dealkylation sites (N-methyl/N-ethyl adjacent to an activating group) is 1. The Morgan fingerprint density at radius 2 is 2.00 bits per heavy atom. The molecule has 0 fully saturated rings. The molecule has 19 heavy (non-hydrogen) atoms. The molecule has 0 spiro atoms. The van der Waals surface area contributed by atoms with E-state index in [0.717, 1.165) is 14.2 Å². The molecule has 0 unspecified atom stereocenters. The zero-order valence-corrected chi connectivity index (χ0v) is 11.4. The zero-order chi connectivity index (χ0) is 15.3. The Hall–Kier alpha value is -1.09. The zero-order valence-electron chi connectivity index (χ0n) is 10.6. The van der Waals surface area contributed by atoms with Crippen molar-refractivity contribution < 1.29 is 31.1 Å². The predicted octanol–water partition coefficient (Wildman–Crippen LogP) is 1.32. The van der Waals surface area contributed by atoms with Gasteiger partial charge in [-0.25, -0.2) is 8.42 Å². The van der Waals surface area contributed by atoms with Gasteiger partial charge in [-0.1, -0.05) is 6.08 Å². The highest BCUT2D eigenvalue weighted by Gasteiger charge is 2.35. The molecule has 5 nitrogen and oxygen atoms in total. The monoisotopic (exact) mass is 303 g/mol. The van der Waals surface area contributed by atoms with E-state index in [4.69, 9.17) is 0 Å². The van der Waals surface area contributed by atoms with E-state index < -0.39 is 40.4 Å². The van der Waals surface area contributed by atoms with Crippen LogP contribution in [0.25, 0.3) is 0 Å². The van der Waals surface area contributed by atoms with Crippen LogP contribution in [0.4, 0.5) is 13.2 Å². The topological polar surface area (TPSA) is 63.7 Å². The van der Waals surface area contributed by atoms with E-state index in [1.54, 1.807) is 0 Å². The number of hydrogen-bond acceptors (Lipinski definition) is 4. The summed E-state index contributed by atoms with van der Waals surface area (Å²) >= 11 is 0. The molecule has 112 valence electrons. The van der Waals surface area contributed by atoms with Gasteiger partial charge in [0.1, 0.15) is 6.04 Å². The fraction of sp³-hybridized carbons (Fsp3) is 0.700. The quantitative estimate of drug-likeness (QED) is 0.525. The van der Waals surface area contributed by atoms with Crippen LogP contribution in [0.5, 0.6) is 0 Å². The lowest BCUT2D eigenvalue weighted by Gasteiger charge is -2.24. The summed E-state index contributed by atoms with van der Waals surface area (Å²) in [5.41, 5.74) is 0. The fourth-order valence-corrected chi connectivity index (χ4v) is 2.61. The molecule has 0 rings (SSSR count). The summed E-state index contributed by atoms with van der Waals surface area (Å²) in [6.07, 6.45) is -4.81. The summed E-state index contributed by atoms with van der Waals surface area (Å²) in [6, 6.07) is -1.21. The van der Waals surface area contributed by atoms with Crippen molar-refractivity contribution in [2.75, 3.05) is 19.9 Å². The molecule has 0 aliphatic carbocycles. The number of halogens is 3. The molecule has 0 aromatic rings. The molecule has 0 aromatic carbocycles. The minimum atomic E-state index is -4.58. The maximum atomic E-state index is 12.0. The molecule has 0 saturated carbocycles. The van der Waals surface area contributed by atoms with Crippen molar-refractivity contribution in [3.8, 4) is 0 Å². The van der Waals surface area contributed by atoms with E-state index >= 15 is 0 Å². The Morgan fingerprint density at radius 1 is 1.47 bits per heavy atom. The summed E-state index contributed by atoms with van der Waals surface area (Å²) < 4.78 is 64.5. The Bertz CT molecular complexity index is 419. The van der Waals surface area contributed by atoms with Gasteiger partial charge in [0.15, 0.2) is 0 Å². The molecule has 0 radical (unpaired) electrons. The molecule has 9 heteroatoms. The average molecular weight is 303 g/mol. The average Bonchev–Trinajstić information content (AvgIpc) is 2.31. The number of carbonyl (C=O) groups excluding carboxylic acids is 1. The minimum absolute atomic E-state index is 0.0472. The van der Waals surface area contributed by atoms with Crippen LogP contribution in [-0.2, 0) is 19.6 Å². The normalized spacial score (nSPS) is 14.2. The molecule has 0 aliphatic rings. The van der Waals surface area contributed by atoms with E-state index in [2.05, 4.69) is 11.3 Å². The van der Waals surface area contributed by atoms with Gasteiger partial charge in [0.25, 0.3) is 0 Å². The number of nitrogens with zero attached hydrogens (tertiary/aromatic N) is 1. The van der Waals surface area contributed by atoms with Crippen molar-refractivity contribution >= 4 is 16.0 Å². The smallest absolute Gasteiger partial charge is 0.390 e. The summed E-state index contributed by atoms with van der Waals surface area (Å²) in [5.74, 6) is -1.96. The van der Waals surface area contributed by atoms with Crippen molar-refractivity contribution in [2.24, 2.45) is 0 Å². The number of esters is 1. The molecule has 0 bridgehead atoms. The number of sulfonamides is 1. The molecule has 0 N–H and O–H groups in total. The Labute approximate surface area is 110 Å². The lowest BCUT2D eigenvalue weighted by molar-refractivity contribution is -0.144. The largest absolute Gasteiger partial charge is 0.468 e. The molecule has 0 amide bonds. The molecular weight excluding hydrogens is 287 g/mol.